The molecule has 39 heavy (non-hydrogen) atoms. The Morgan fingerprint density at radius 1 is 1.03 bits per heavy atom. The Hall–Kier alpha value is -2.08. The van der Waals surface area contributed by atoms with Gasteiger partial charge >= 0.3 is 12.1 Å². The number of hydrogen-bond acceptors (Lipinski definition) is 8. The molecule has 3 N–H and O–H groups in total. The molecule has 0 unspecified atom stereocenters. The number of aliphatic carboxylic acids is 1. The molecule has 2 saturated heterocycles. The maximum Gasteiger partial charge on any atom is 0.490 e. The highest BCUT2D eigenvalue weighted by molar-refractivity contribution is 7.93. The third-order valence-corrected chi connectivity index (χ3v) is 11.8. The predicted molar refractivity (Wildman–Crippen MR) is 138 cm³/mol. The molecule has 0 spiro atoms. The Balaban J connectivity index is 0.000000532. The number of thiophene rings is 1. The number of morpholine rings is 1. The number of halogens is 3. The number of carboxylic acids is 1. The van der Waals surface area contributed by atoms with E-state index in [1.807, 2.05) is 30.3 Å². The highest BCUT2D eigenvalue weighted by atomic mass is 32.2. The molecule has 2 fully saturated rings. The number of hydrogen-bond donors (Lipinski definition) is 2. The second-order valence-corrected chi connectivity index (χ2v) is 14.4. The van der Waals surface area contributed by atoms with Crippen LogP contribution in [0.3, 0.4) is 0 Å². The van der Waals surface area contributed by atoms with Crippen LogP contribution in [0.15, 0.2) is 46.7 Å². The Labute approximate surface area is 229 Å². The fraction of sp³-hybridized carbons (Fsp3) is 0.522. The van der Waals surface area contributed by atoms with Gasteiger partial charge in [-0.1, -0.05) is 30.3 Å². The number of nitrogens with two attached hydrogens (primary N) is 1. The van der Waals surface area contributed by atoms with Gasteiger partial charge in [-0.25, -0.2) is 13.2 Å². The zero-order valence-corrected chi connectivity index (χ0v) is 23.2. The van der Waals surface area contributed by atoms with Crippen LogP contribution in [0.25, 0.3) is 0 Å². The number of piperidine rings is 1. The van der Waals surface area contributed by atoms with E-state index in [0.717, 1.165) is 10.4 Å². The van der Waals surface area contributed by atoms with Gasteiger partial charge in [0, 0.05) is 37.6 Å². The molecular formula is C23H30F3N3O7S3. The summed E-state index contributed by atoms with van der Waals surface area (Å²) in [5, 5.41) is 7.12. The summed E-state index contributed by atoms with van der Waals surface area (Å²) >= 11 is 1.19. The zero-order valence-electron chi connectivity index (χ0n) is 20.8. The van der Waals surface area contributed by atoms with E-state index in [1.165, 1.54) is 19.9 Å². The number of nitrogens with zero attached hydrogens (tertiary/aromatic N) is 2. The minimum atomic E-state index is -5.08. The van der Waals surface area contributed by atoms with Gasteiger partial charge in [-0.15, -0.1) is 11.3 Å². The fourth-order valence-electron chi connectivity index (χ4n) is 4.40. The molecule has 2 aliphatic heterocycles. The summed E-state index contributed by atoms with van der Waals surface area (Å²) in [6, 6.07) is 13.1. The monoisotopic (exact) mass is 613 g/mol. The van der Waals surface area contributed by atoms with Crippen molar-refractivity contribution in [1.82, 2.24) is 8.61 Å². The third-order valence-electron chi connectivity index (χ3n) is 6.24. The molecule has 1 aromatic heterocycles. The predicted octanol–water partition coefficient (Wildman–Crippen LogP) is 2.30. The van der Waals surface area contributed by atoms with E-state index in [9.17, 15) is 30.0 Å². The quantitative estimate of drug-likeness (QED) is 0.484. The van der Waals surface area contributed by atoms with E-state index in [0.29, 0.717) is 50.0 Å². The highest BCUT2D eigenvalue weighted by Gasteiger charge is 2.40. The standard InChI is InChI=1S/C21H29N3O5S3.C2HF3O2/c22-13-20-6-7-21(30-20)31(25,26)16-17-12-19(18-4-2-1-3-5-18)15-24(14-17)32(27,28)23-8-10-29-11-9-23;3-2(4,5)1(6)7/h1-7,17,19H,8-16,22H2;(H,6,7)/t17-,19+;/m0./s1. The van der Waals surface area contributed by atoms with Gasteiger partial charge in [0.15, 0.2) is 9.84 Å². The molecule has 4 rings (SSSR count). The molecule has 1 aromatic carbocycles. The van der Waals surface area contributed by atoms with Crippen molar-refractivity contribution in [2.75, 3.05) is 45.1 Å². The molecule has 2 aromatic rings. The highest BCUT2D eigenvalue weighted by Crippen LogP contribution is 2.35. The topological polar surface area (TPSA) is 147 Å². The maximum absolute atomic E-state index is 13.4. The Kier molecular flexibility index (Phi) is 10.5. The van der Waals surface area contributed by atoms with Crippen LogP contribution in [-0.4, -0.2) is 87.8 Å². The molecule has 2 aliphatic rings. The van der Waals surface area contributed by atoms with Crippen LogP contribution in [0.5, 0.6) is 0 Å². The first kappa shape index (κ1) is 31.4. The number of sulfone groups is 1. The molecule has 10 nitrogen and oxygen atoms in total. The summed E-state index contributed by atoms with van der Waals surface area (Å²) in [7, 11) is -7.24. The van der Waals surface area contributed by atoms with E-state index < -0.39 is 32.2 Å². The molecule has 2 atom stereocenters. The Morgan fingerprint density at radius 3 is 2.18 bits per heavy atom. The first-order chi connectivity index (χ1) is 18.2. The first-order valence-corrected chi connectivity index (χ1v) is 15.8. The van der Waals surface area contributed by atoms with Crippen LogP contribution in [0.2, 0.25) is 0 Å². The summed E-state index contributed by atoms with van der Waals surface area (Å²) in [6.45, 7) is 2.20. The minimum absolute atomic E-state index is 0.0658. The SMILES string of the molecule is NCc1ccc(S(=O)(=O)C[C@H]2C[C@@H](c3ccccc3)CN(S(=O)(=O)N3CCOCC3)C2)s1.O=C(O)C(F)(F)F. The molecule has 0 saturated carbocycles. The summed E-state index contributed by atoms with van der Waals surface area (Å²) in [5.41, 5.74) is 6.67. The zero-order chi connectivity index (χ0) is 28.8. The average Bonchev–Trinajstić information content (AvgIpc) is 3.40. The van der Waals surface area contributed by atoms with Crippen LogP contribution in [-0.2, 0) is 36.1 Å². The fourth-order valence-corrected chi connectivity index (χ4v) is 9.06. The van der Waals surface area contributed by atoms with E-state index >= 15 is 0 Å². The lowest BCUT2D eigenvalue weighted by atomic mass is 9.86. The first-order valence-electron chi connectivity index (χ1n) is 11.9. The largest absolute Gasteiger partial charge is 0.490 e. The van der Waals surface area contributed by atoms with E-state index in [-0.39, 0.29) is 24.1 Å². The van der Waals surface area contributed by atoms with Crippen molar-refractivity contribution in [1.29, 1.82) is 0 Å². The molecule has 16 heteroatoms. The van der Waals surface area contributed by atoms with Gasteiger partial charge in [-0.2, -0.15) is 30.2 Å². The van der Waals surface area contributed by atoms with Crippen LogP contribution in [0, 0.1) is 5.92 Å². The second kappa shape index (κ2) is 13.1. The van der Waals surface area contributed by atoms with Crippen LogP contribution in [0.4, 0.5) is 13.2 Å². The number of carboxylic acid groups (broad SMARTS) is 1. The number of rotatable bonds is 7. The van der Waals surface area contributed by atoms with Gasteiger partial charge in [0.25, 0.3) is 10.2 Å². The second-order valence-electron chi connectivity index (χ2n) is 9.05. The van der Waals surface area contributed by atoms with Crippen molar-refractivity contribution < 1.29 is 44.6 Å². The van der Waals surface area contributed by atoms with Crippen molar-refractivity contribution >= 4 is 37.4 Å². The van der Waals surface area contributed by atoms with Crippen molar-refractivity contribution in [3.63, 3.8) is 0 Å². The number of alkyl halides is 3. The normalized spacial score (nSPS) is 21.6. The molecular weight excluding hydrogens is 583 g/mol. The lowest BCUT2D eigenvalue weighted by molar-refractivity contribution is -0.192. The number of benzene rings is 1. The van der Waals surface area contributed by atoms with Crippen LogP contribution in [0.1, 0.15) is 22.8 Å². The molecule has 0 radical (unpaired) electrons. The van der Waals surface area contributed by atoms with Crippen LogP contribution >= 0.6 is 11.3 Å². The average molecular weight is 614 g/mol. The lowest BCUT2D eigenvalue weighted by Gasteiger charge is -2.40. The minimum Gasteiger partial charge on any atom is -0.475 e. The summed E-state index contributed by atoms with van der Waals surface area (Å²) in [4.78, 5) is 9.71. The Bertz CT molecular complexity index is 1310. The number of carbonyl (C=O) groups is 1. The van der Waals surface area contributed by atoms with Gasteiger partial charge in [-0.3, -0.25) is 0 Å². The molecule has 0 aliphatic carbocycles. The van der Waals surface area contributed by atoms with Gasteiger partial charge in [0.05, 0.1) is 19.0 Å². The lowest BCUT2D eigenvalue weighted by Crippen LogP contribution is -2.53. The molecule has 3 heterocycles. The van der Waals surface area contributed by atoms with Crippen molar-refractivity contribution in [2.24, 2.45) is 11.7 Å². The third kappa shape index (κ3) is 8.45. The van der Waals surface area contributed by atoms with E-state index in [1.54, 1.807) is 12.1 Å². The van der Waals surface area contributed by atoms with Crippen molar-refractivity contribution in [3.8, 4) is 0 Å². The number of ether oxygens (including phenoxy) is 1. The molecule has 0 bridgehead atoms. The smallest absolute Gasteiger partial charge is 0.475 e. The van der Waals surface area contributed by atoms with E-state index in [4.69, 9.17) is 20.4 Å². The van der Waals surface area contributed by atoms with Crippen molar-refractivity contribution in [3.05, 3.63) is 52.9 Å². The summed E-state index contributed by atoms with van der Waals surface area (Å²) in [5.74, 6) is -3.22. The Morgan fingerprint density at radius 2 is 1.64 bits per heavy atom. The van der Waals surface area contributed by atoms with Gasteiger partial charge in [0.1, 0.15) is 4.21 Å². The summed E-state index contributed by atoms with van der Waals surface area (Å²) < 4.78 is 93.2. The van der Waals surface area contributed by atoms with Gasteiger partial charge in [0.2, 0.25) is 0 Å². The molecule has 218 valence electrons. The summed E-state index contributed by atoms with van der Waals surface area (Å²) in [6.07, 6.45) is -4.46. The van der Waals surface area contributed by atoms with Gasteiger partial charge < -0.3 is 15.6 Å². The van der Waals surface area contributed by atoms with E-state index in [2.05, 4.69) is 0 Å². The molecule has 0 amide bonds. The maximum atomic E-state index is 13.4. The van der Waals surface area contributed by atoms with Crippen molar-refractivity contribution in [2.45, 2.75) is 29.3 Å². The van der Waals surface area contributed by atoms with Gasteiger partial charge in [-0.05, 0) is 36.0 Å². The van der Waals surface area contributed by atoms with Crippen LogP contribution < -0.4 is 5.73 Å².